The molecule has 0 saturated carbocycles. The zero-order valence-electron chi connectivity index (χ0n) is 16.2. The van der Waals surface area contributed by atoms with E-state index in [1.54, 1.807) is 24.7 Å². The summed E-state index contributed by atoms with van der Waals surface area (Å²) >= 11 is 3.05. The van der Waals surface area contributed by atoms with Crippen LogP contribution in [0.1, 0.15) is 39.0 Å². The van der Waals surface area contributed by atoms with Gasteiger partial charge in [-0.3, -0.25) is 9.88 Å². The summed E-state index contributed by atoms with van der Waals surface area (Å²) in [5.74, 6) is 1.95. The van der Waals surface area contributed by atoms with Gasteiger partial charge in [0.25, 0.3) is 6.57 Å². The third-order valence-electron chi connectivity index (χ3n) is 3.45. The standard InChI is InChI=1S/C16H35N2O5PS2/c1-4-26-14-9-15(19)17-11-13-22-16(20)18-10-7-5-6-8-12-23-24(2,21)25-3/h15,17,19H,4-14H2,1-3H3,(H,18,20). The largest absolute Gasteiger partial charge is 0.448 e. The fourth-order valence-electron chi connectivity index (χ4n) is 1.92. The summed E-state index contributed by atoms with van der Waals surface area (Å²) in [6.07, 6.45) is 5.17. The van der Waals surface area contributed by atoms with Gasteiger partial charge in [0, 0.05) is 19.8 Å². The average Bonchev–Trinajstić information content (AvgIpc) is 2.61. The van der Waals surface area contributed by atoms with E-state index in [1.807, 2.05) is 0 Å². The van der Waals surface area contributed by atoms with Crippen LogP contribution in [0.4, 0.5) is 4.79 Å². The molecule has 26 heavy (non-hydrogen) atoms. The van der Waals surface area contributed by atoms with Gasteiger partial charge in [0.15, 0.2) is 0 Å². The van der Waals surface area contributed by atoms with Crippen LogP contribution in [-0.4, -0.2) is 68.2 Å². The number of aliphatic hydroxyl groups excluding tert-OH is 1. The monoisotopic (exact) mass is 430 g/mol. The van der Waals surface area contributed by atoms with Crippen LogP contribution in [0.5, 0.6) is 0 Å². The maximum absolute atomic E-state index is 11.7. The number of unbranched alkanes of at least 4 members (excludes halogenated alkanes) is 3. The third-order valence-corrected chi connectivity index (χ3v) is 8.01. The van der Waals surface area contributed by atoms with Crippen LogP contribution < -0.4 is 10.6 Å². The molecule has 156 valence electrons. The van der Waals surface area contributed by atoms with Gasteiger partial charge in [0.2, 0.25) is 0 Å². The Morgan fingerprint density at radius 2 is 1.92 bits per heavy atom. The van der Waals surface area contributed by atoms with Crippen LogP contribution in [-0.2, 0) is 13.8 Å². The molecule has 0 aliphatic carbocycles. The Kier molecular flexibility index (Phi) is 17.2. The van der Waals surface area contributed by atoms with E-state index in [0.717, 1.165) is 37.2 Å². The maximum atomic E-state index is 11.7. The summed E-state index contributed by atoms with van der Waals surface area (Å²) in [5.41, 5.74) is 0. The van der Waals surface area contributed by atoms with E-state index in [1.165, 1.54) is 11.4 Å². The van der Waals surface area contributed by atoms with Crippen molar-refractivity contribution in [1.29, 1.82) is 0 Å². The lowest BCUT2D eigenvalue weighted by atomic mass is 10.2. The molecule has 10 heteroatoms. The lowest BCUT2D eigenvalue weighted by molar-refractivity contribution is 0.112. The van der Waals surface area contributed by atoms with E-state index in [-0.39, 0.29) is 6.61 Å². The summed E-state index contributed by atoms with van der Waals surface area (Å²) in [6.45, 7) is 3.01. The predicted molar refractivity (Wildman–Crippen MR) is 112 cm³/mol. The molecule has 0 bridgehead atoms. The van der Waals surface area contributed by atoms with Gasteiger partial charge >= 0.3 is 6.09 Å². The van der Waals surface area contributed by atoms with Crippen molar-refractivity contribution in [3.05, 3.63) is 0 Å². The third kappa shape index (κ3) is 17.5. The first-order chi connectivity index (χ1) is 12.4. The van der Waals surface area contributed by atoms with Crippen molar-refractivity contribution in [2.75, 3.05) is 50.7 Å². The van der Waals surface area contributed by atoms with Crippen LogP contribution in [0.25, 0.3) is 0 Å². The minimum Gasteiger partial charge on any atom is -0.448 e. The van der Waals surface area contributed by atoms with Gasteiger partial charge < -0.3 is 19.7 Å². The molecule has 0 aromatic heterocycles. The molecule has 0 aromatic rings. The highest BCUT2D eigenvalue weighted by Gasteiger charge is 2.12. The van der Waals surface area contributed by atoms with Crippen LogP contribution >= 0.6 is 29.7 Å². The number of hydrogen-bond donors (Lipinski definition) is 3. The second-order valence-electron chi connectivity index (χ2n) is 5.72. The molecule has 7 nitrogen and oxygen atoms in total. The highest BCUT2D eigenvalue weighted by molar-refractivity contribution is 8.56. The maximum Gasteiger partial charge on any atom is 0.407 e. The highest BCUT2D eigenvalue weighted by Crippen LogP contribution is 2.54. The van der Waals surface area contributed by atoms with Crippen molar-refractivity contribution in [3.63, 3.8) is 0 Å². The predicted octanol–water partition coefficient (Wildman–Crippen LogP) is 3.53. The number of aliphatic hydroxyl groups is 1. The first kappa shape index (κ1) is 26.1. The number of thioether (sulfide) groups is 1. The number of rotatable bonds is 17. The normalized spacial score (nSPS) is 14.6. The molecule has 3 N–H and O–H groups in total. The second-order valence-corrected chi connectivity index (χ2v) is 12.4. The number of hydrogen-bond acceptors (Lipinski definition) is 8. The minimum absolute atomic E-state index is 0.230. The molecule has 1 amide bonds. The Hall–Kier alpha value is 0.0800. The molecular weight excluding hydrogens is 395 g/mol. The zero-order chi connectivity index (χ0) is 19.7. The summed E-state index contributed by atoms with van der Waals surface area (Å²) < 4.78 is 22.0. The van der Waals surface area contributed by atoms with E-state index in [4.69, 9.17) is 9.26 Å². The number of nitrogens with one attached hydrogen (secondary N) is 2. The molecule has 0 aliphatic rings. The Balaban J connectivity index is 3.38. The second kappa shape index (κ2) is 17.2. The van der Waals surface area contributed by atoms with Crippen molar-refractivity contribution >= 4 is 35.8 Å². The van der Waals surface area contributed by atoms with Crippen molar-refractivity contribution in [1.82, 2.24) is 10.6 Å². The summed E-state index contributed by atoms with van der Waals surface area (Å²) in [5, 5.41) is 15.3. The van der Waals surface area contributed by atoms with Gasteiger partial charge in [-0.15, -0.1) is 0 Å². The molecule has 0 fully saturated rings. The summed E-state index contributed by atoms with van der Waals surface area (Å²) in [7, 11) is 0. The van der Waals surface area contributed by atoms with Gasteiger partial charge in [-0.05, 0) is 37.0 Å². The molecule has 0 aliphatic heterocycles. The molecule has 0 saturated heterocycles. The molecule has 2 atom stereocenters. The molecule has 0 aromatic carbocycles. The van der Waals surface area contributed by atoms with E-state index < -0.39 is 18.9 Å². The van der Waals surface area contributed by atoms with Crippen molar-refractivity contribution in [2.45, 2.75) is 45.3 Å². The van der Waals surface area contributed by atoms with Gasteiger partial charge in [-0.25, -0.2) is 4.79 Å². The van der Waals surface area contributed by atoms with Crippen LogP contribution in [0.3, 0.4) is 0 Å². The minimum atomic E-state index is -2.45. The highest BCUT2D eigenvalue weighted by atomic mass is 32.7. The van der Waals surface area contributed by atoms with E-state index >= 15 is 0 Å². The van der Waals surface area contributed by atoms with Crippen LogP contribution in [0, 0.1) is 0 Å². The molecule has 0 radical (unpaired) electrons. The van der Waals surface area contributed by atoms with Gasteiger partial charge in [0.05, 0.1) is 6.61 Å². The fourth-order valence-corrected chi connectivity index (χ4v) is 3.70. The summed E-state index contributed by atoms with van der Waals surface area (Å²) in [6, 6.07) is 0. The van der Waals surface area contributed by atoms with Gasteiger partial charge in [-0.1, -0.05) is 31.1 Å². The number of carbonyl (C=O) groups is 1. The molecule has 0 spiro atoms. The number of carbonyl (C=O) groups excluding carboxylic acids is 1. The van der Waals surface area contributed by atoms with E-state index in [9.17, 15) is 14.5 Å². The summed E-state index contributed by atoms with van der Waals surface area (Å²) in [4.78, 5) is 11.5. The van der Waals surface area contributed by atoms with Crippen LogP contribution in [0.2, 0.25) is 0 Å². The van der Waals surface area contributed by atoms with E-state index in [0.29, 0.717) is 26.1 Å². The van der Waals surface area contributed by atoms with Gasteiger partial charge in [0.1, 0.15) is 12.8 Å². The van der Waals surface area contributed by atoms with Crippen molar-refractivity contribution in [3.8, 4) is 0 Å². The number of amides is 1. The quantitative estimate of drug-likeness (QED) is 0.183. The molecular formula is C16H35N2O5PS2. The van der Waals surface area contributed by atoms with Crippen molar-refractivity contribution in [2.24, 2.45) is 0 Å². The van der Waals surface area contributed by atoms with E-state index in [2.05, 4.69) is 17.6 Å². The smallest absolute Gasteiger partial charge is 0.407 e. The van der Waals surface area contributed by atoms with Gasteiger partial charge in [-0.2, -0.15) is 11.8 Å². The molecule has 0 rings (SSSR count). The molecule has 0 heterocycles. The Morgan fingerprint density at radius 3 is 2.62 bits per heavy atom. The zero-order valence-corrected chi connectivity index (χ0v) is 18.7. The first-order valence-corrected chi connectivity index (χ1v) is 14.1. The fraction of sp³-hybridized carbons (Fsp3) is 0.938. The van der Waals surface area contributed by atoms with Crippen LogP contribution in [0.15, 0.2) is 0 Å². The average molecular weight is 431 g/mol. The Labute approximate surface area is 166 Å². The lowest BCUT2D eigenvalue weighted by Crippen LogP contribution is -2.34. The first-order valence-electron chi connectivity index (χ1n) is 9.09. The molecule has 2 unspecified atom stereocenters. The number of alkyl carbamates (subject to hydrolysis) is 1. The SMILES string of the molecule is CCSCCC(O)NCCOC(=O)NCCCCCCOP(C)(=O)SC. The number of ether oxygens (including phenoxy) is 1. The Bertz CT molecular complexity index is 405. The van der Waals surface area contributed by atoms with Crippen molar-refractivity contribution < 1.29 is 23.7 Å². The Morgan fingerprint density at radius 1 is 1.19 bits per heavy atom. The lowest BCUT2D eigenvalue weighted by Gasteiger charge is -2.12. The topological polar surface area (TPSA) is 96.9 Å².